The van der Waals surface area contributed by atoms with Crippen LogP contribution < -0.4 is 0 Å². The maximum Gasteiger partial charge on any atom is 0.323 e. The summed E-state index contributed by atoms with van der Waals surface area (Å²) >= 11 is 1.14. The molecule has 1 heterocycles. The van der Waals surface area contributed by atoms with Crippen LogP contribution in [0.3, 0.4) is 0 Å². The van der Waals surface area contributed by atoms with Crippen LogP contribution in [0, 0.1) is 5.92 Å². The lowest BCUT2D eigenvalue weighted by Gasteiger charge is -2.28. The molecule has 1 aliphatic rings. The molecule has 6 heteroatoms. The second kappa shape index (κ2) is 7.41. The number of carboxylic acid groups (broad SMARTS) is 1. The Morgan fingerprint density at radius 3 is 2.72 bits per heavy atom. The van der Waals surface area contributed by atoms with E-state index in [2.05, 4.69) is 0 Å². The molecule has 1 fully saturated rings. The largest absolute Gasteiger partial charge is 0.480 e. The van der Waals surface area contributed by atoms with Crippen molar-refractivity contribution < 1.29 is 19.5 Å². The van der Waals surface area contributed by atoms with Gasteiger partial charge in [-0.05, 0) is 12.8 Å². The normalized spacial score (nSPS) is 21.3. The molecular weight excluding hydrogens is 254 g/mol. The standard InChI is InChI=1S/C12H19NO4S/c1-9(14)18-8-10-5-3-2-4-6-13(12(10)17)7-11(15)16/h10H,2-8H2,1H3,(H,15,16). The summed E-state index contributed by atoms with van der Waals surface area (Å²) in [5.41, 5.74) is 0. The van der Waals surface area contributed by atoms with Crippen molar-refractivity contribution in [2.24, 2.45) is 5.92 Å². The summed E-state index contributed by atoms with van der Waals surface area (Å²) in [5, 5.41) is 8.79. The van der Waals surface area contributed by atoms with Crippen LogP contribution in [0.1, 0.15) is 32.6 Å². The monoisotopic (exact) mass is 273 g/mol. The molecule has 18 heavy (non-hydrogen) atoms. The lowest BCUT2D eigenvalue weighted by atomic mass is 9.99. The number of carbonyl (C=O) groups excluding carboxylic acids is 2. The molecule has 0 aromatic carbocycles. The number of thioether (sulfide) groups is 1. The third kappa shape index (κ3) is 5.08. The molecule has 1 atom stereocenters. The van der Waals surface area contributed by atoms with E-state index in [1.165, 1.54) is 11.8 Å². The fourth-order valence-corrected chi connectivity index (χ4v) is 2.80. The predicted octanol–water partition coefficient (Wildman–Crippen LogP) is 1.37. The van der Waals surface area contributed by atoms with E-state index >= 15 is 0 Å². The van der Waals surface area contributed by atoms with Crippen LogP contribution in [0.25, 0.3) is 0 Å². The number of nitrogens with zero attached hydrogens (tertiary/aromatic N) is 1. The van der Waals surface area contributed by atoms with Crippen molar-refractivity contribution in [1.82, 2.24) is 4.90 Å². The second-order valence-corrected chi connectivity index (χ2v) is 5.70. The van der Waals surface area contributed by atoms with Gasteiger partial charge in [-0.1, -0.05) is 24.6 Å². The molecule has 5 nitrogen and oxygen atoms in total. The quantitative estimate of drug-likeness (QED) is 0.837. The van der Waals surface area contributed by atoms with Crippen molar-refractivity contribution in [2.75, 3.05) is 18.8 Å². The molecule has 1 N–H and O–H groups in total. The van der Waals surface area contributed by atoms with Gasteiger partial charge >= 0.3 is 5.97 Å². The highest BCUT2D eigenvalue weighted by atomic mass is 32.2. The van der Waals surface area contributed by atoms with Gasteiger partial charge in [-0.15, -0.1) is 0 Å². The van der Waals surface area contributed by atoms with Gasteiger partial charge in [0, 0.05) is 25.1 Å². The third-order valence-electron chi connectivity index (χ3n) is 2.96. The highest BCUT2D eigenvalue weighted by Crippen LogP contribution is 2.21. The number of hydrogen-bond donors (Lipinski definition) is 1. The minimum Gasteiger partial charge on any atom is -0.480 e. The van der Waals surface area contributed by atoms with E-state index in [0.717, 1.165) is 37.4 Å². The summed E-state index contributed by atoms with van der Waals surface area (Å²) in [7, 11) is 0. The molecule has 102 valence electrons. The van der Waals surface area contributed by atoms with E-state index < -0.39 is 5.97 Å². The van der Waals surface area contributed by atoms with E-state index in [9.17, 15) is 14.4 Å². The van der Waals surface area contributed by atoms with Crippen molar-refractivity contribution in [3.05, 3.63) is 0 Å². The van der Waals surface area contributed by atoms with Gasteiger partial charge in [-0.2, -0.15) is 0 Å². The Balaban J connectivity index is 2.64. The van der Waals surface area contributed by atoms with Gasteiger partial charge in [0.1, 0.15) is 6.54 Å². The minimum atomic E-state index is -0.984. The van der Waals surface area contributed by atoms with Crippen LogP contribution in [0.15, 0.2) is 0 Å². The van der Waals surface area contributed by atoms with Crippen LogP contribution >= 0.6 is 11.8 Å². The van der Waals surface area contributed by atoms with Crippen molar-refractivity contribution in [1.29, 1.82) is 0 Å². The highest BCUT2D eigenvalue weighted by Gasteiger charge is 2.27. The van der Waals surface area contributed by atoms with Gasteiger partial charge in [-0.3, -0.25) is 14.4 Å². The number of carbonyl (C=O) groups is 3. The van der Waals surface area contributed by atoms with Crippen molar-refractivity contribution in [3.8, 4) is 0 Å². The summed E-state index contributed by atoms with van der Waals surface area (Å²) in [6, 6.07) is 0. The average Bonchev–Trinajstić information content (AvgIpc) is 2.27. The fraction of sp³-hybridized carbons (Fsp3) is 0.750. The number of amides is 1. The van der Waals surface area contributed by atoms with Gasteiger partial charge in [0.25, 0.3) is 0 Å². The van der Waals surface area contributed by atoms with Crippen LogP contribution in [0.2, 0.25) is 0 Å². The topological polar surface area (TPSA) is 74.7 Å². The van der Waals surface area contributed by atoms with Gasteiger partial charge in [-0.25, -0.2) is 0 Å². The molecule has 1 rings (SSSR count). The molecule has 1 unspecified atom stereocenters. The van der Waals surface area contributed by atoms with Crippen LogP contribution in [-0.2, 0) is 14.4 Å². The summed E-state index contributed by atoms with van der Waals surface area (Å²) < 4.78 is 0. The summed E-state index contributed by atoms with van der Waals surface area (Å²) in [5.74, 6) is -0.865. The SMILES string of the molecule is CC(=O)SCC1CCCCCN(CC(=O)O)C1=O. The van der Waals surface area contributed by atoms with Crippen molar-refractivity contribution in [2.45, 2.75) is 32.6 Å². The first-order valence-corrected chi connectivity index (χ1v) is 7.13. The van der Waals surface area contributed by atoms with Gasteiger partial charge in [0.05, 0.1) is 0 Å². The number of likely N-dealkylation sites (tertiary alicyclic amines) is 1. The Morgan fingerprint density at radius 2 is 2.11 bits per heavy atom. The Bertz CT molecular complexity index is 332. The smallest absolute Gasteiger partial charge is 0.323 e. The van der Waals surface area contributed by atoms with Crippen LogP contribution in [0.5, 0.6) is 0 Å². The maximum atomic E-state index is 12.2. The second-order valence-electron chi connectivity index (χ2n) is 4.50. The highest BCUT2D eigenvalue weighted by molar-refractivity contribution is 8.13. The number of carboxylic acids is 1. The van der Waals surface area contributed by atoms with E-state index in [1.807, 2.05) is 0 Å². The summed E-state index contributed by atoms with van der Waals surface area (Å²) in [6.45, 7) is 1.75. The minimum absolute atomic E-state index is 0.00496. The lowest BCUT2D eigenvalue weighted by Crippen LogP contribution is -2.42. The zero-order chi connectivity index (χ0) is 13.5. The number of hydrogen-bond acceptors (Lipinski definition) is 4. The number of rotatable bonds is 4. The van der Waals surface area contributed by atoms with E-state index in [1.54, 1.807) is 0 Å². The number of aliphatic carboxylic acids is 1. The first-order chi connectivity index (χ1) is 8.50. The van der Waals surface area contributed by atoms with Gasteiger partial charge < -0.3 is 10.0 Å². The Kier molecular flexibility index (Phi) is 6.18. The molecule has 1 aliphatic heterocycles. The third-order valence-corrected chi connectivity index (χ3v) is 3.93. The van der Waals surface area contributed by atoms with E-state index in [-0.39, 0.29) is 23.5 Å². The average molecular weight is 273 g/mol. The van der Waals surface area contributed by atoms with Crippen LogP contribution in [0.4, 0.5) is 0 Å². The van der Waals surface area contributed by atoms with Gasteiger partial charge in [0.2, 0.25) is 5.91 Å². The molecule has 0 aliphatic carbocycles. The van der Waals surface area contributed by atoms with Gasteiger partial charge in [0.15, 0.2) is 5.12 Å². The van der Waals surface area contributed by atoms with Crippen molar-refractivity contribution in [3.63, 3.8) is 0 Å². The Labute approximate surface area is 111 Å². The molecule has 0 bridgehead atoms. The van der Waals surface area contributed by atoms with E-state index in [4.69, 9.17) is 5.11 Å². The lowest BCUT2D eigenvalue weighted by molar-refractivity contribution is -0.146. The molecule has 0 spiro atoms. The Hall–Kier alpha value is -1.04. The fourth-order valence-electron chi connectivity index (χ4n) is 2.05. The van der Waals surface area contributed by atoms with Crippen molar-refractivity contribution >= 4 is 28.8 Å². The first kappa shape index (κ1) is 15.0. The molecule has 0 saturated carbocycles. The summed E-state index contributed by atoms with van der Waals surface area (Å²) in [6.07, 6.45) is 3.57. The zero-order valence-corrected chi connectivity index (χ0v) is 11.4. The maximum absolute atomic E-state index is 12.2. The first-order valence-electron chi connectivity index (χ1n) is 6.14. The molecule has 0 aromatic rings. The Morgan fingerprint density at radius 1 is 1.39 bits per heavy atom. The molecular formula is C12H19NO4S. The molecule has 0 aromatic heterocycles. The molecule has 1 amide bonds. The summed E-state index contributed by atoms with van der Waals surface area (Å²) in [4.78, 5) is 35.3. The molecule has 0 radical (unpaired) electrons. The predicted molar refractivity (Wildman–Crippen MR) is 69.3 cm³/mol. The zero-order valence-electron chi connectivity index (χ0n) is 10.6. The van der Waals surface area contributed by atoms with E-state index in [0.29, 0.717) is 12.3 Å². The molecule has 1 saturated heterocycles. The van der Waals surface area contributed by atoms with Crippen LogP contribution in [-0.4, -0.2) is 45.8 Å².